The van der Waals surface area contributed by atoms with Crippen LogP contribution in [0.2, 0.25) is 0 Å². The van der Waals surface area contributed by atoms with Gasteiger partial charge in [-0.3, -0.25) is 4.98 Å². The fraction of sp³-hybridized carbons (Fsp3) is 0.0444. The Balaban J connectivity index is 0.000000220. The molecule has 0 unspecified atom stereocenters. The van der Waals surface area contributed by atoms with E-state index in [1.54, 1.807) is 0 Å². The van der Waals surface area contributed by atoms with E-state index >= 15 is 0 Å². The summed E-state index contributed by atoms with van der Waals surface area (Å²) in [4.78, 5) is 13.4. The minimum atomic E-state index is 0. The number of aromatic nitrogens is 3. The maximum atomic E-state index is 6.63. The van der Waals surface area contributed by atoms with Gasteiger partial charge in [0.15, 0.2) is 0 Å². The maximum absolute atomic E-state index is 6.63. The summed E-state index contributed by atoms with van der Waals surface area (Å²) in [5.41, 5.74) is 12.2. The molecule has 0 aliphatic rings. The van der Waals surface area contributed by atoms with Crippen LogP contribution in [0.4, 0.5) is 0 Å². The number of aryl methyl sites for hydroxylation is 2. The molecular weight excluding hydrogens is 791 g/mol. The zero-order valence-corrected chi connectivity index (χ0v) is 29.9. The maximum Gasteiger partial charge on any atom is 0.128 e. The van der Waals surface area contributed by atoms with Crippen LogP contribution in [0.3, 0.4) is 0 Å². The normalized spacial score (nSPS) is 10.8. The van der Waals surface area contributed by atoms with Gasteiger partial charge < -0.3 is 14.4 Å². The summed E-state index contributed by atoms with van der Waals surface area (Å²) in [5.74, 6) is 0. The van der Waals surface area contributed by atoms with Crippen LogP contribution in [0.1, 0.15) is 11.1 Å². The molecule has 0 aliphatic carbocycles. The van der Waals surface area contributed by atoms with Crippen molar-refractivity contribution in [2.75, 3.05) is 0 Å². The summed E-state index contributed by atoms with van der Waals surface area (Å²) in [6, 6.07) is 50.0. The minimum Gasteiger partial charge on any atom is -0.500 e. The predicted octanol–water partition coefficient (Wildman–Crippen LogP) is 11.5. The van der Waals surface area contributed by atoms with Crippen LogP contribution in [0.15, 0.2) is 157 Å². The van der Waals surface area contributed by atoms with Crippen molar-refractivity contribution in [3.8, 4) is 44.8 Å². The average Bonchev–Trinajstić information content (AvgIpc) is 3.55. The van der Waals surface area contributed by atoms with Crippen LogP contribution in [-0.2, 0) is 20.1 Å². The number of fused-ring (bicyclic) bond motifs is 4. The molecule has 0 atom stereocenters. The van der Waals surface area contributed by atoms with Gasteiger partial charge >= 0.3 is 0 Å². The third kappa shape index (κ3) is 6.49. The summed E-state index contributed by atoms with van der Waals surface area (Å²) in [6.45, 7) is 4.10. The molecular formula is C45H31IrN3O-2. The largest absolute Gasteiger partial charge is 0.500 e. The summed E-state index contributed by atoms with van der Waals surface area (Å²) >= 11 is 0. The van der Waals surface area contributed by atoms with Crippen molar-refractivity contribution in [1.29, 1.82) is 0 Å². The zero-order valence-electron chi connectivity index (χ0n) is 27.5. The van der Waals surface area contributed by atoms with Crippen LogP contribution in [-0.4, -0.2) is 15.0 Å². The Morgan fingerprint density at radius 1 is 0.560 bits per heavy atom. The molecule has 0 spiro atoms. The van der Waals surface area contributed by atoms with E-state index in [2.05, 4.69) is 107 Å². The van der Waals surface area contributed by atoms with Crippen molar-refractivity contribution >= 4 is 32.7 Å². The molecule has 0 saturated heterocycles. The van der Waals surface area contributed by atoms with Crippen molar-refractivity contribution in [3.05, 3.63) is 175 Å². The van der Waals surface area contributed by atoms with Gasteiger partial charge in [0.05, 0.1) is 5.58 Å². The van der Waals surface area contributed by atoms with Gasteiger partial charge in [0, 0.05) is 61.2 Å². The summed E-state index contributed by atoms with van der Waals surface area (Å²) in [6.07, 6.45) is 7.47. The van der Waals surface area contributed by atoms with E-state index in [0.29, 0.717) is 0 Å². The SMILES string of the molecule is Cc1c[c-]c(-c2ccc(C)cn2)cc1.[Ir].[c-]1ccc2c(oc3c(-c4cccc5ccncc45)cccc32)c1-c1cc(-c2ccccc2)ccn1. The van der Waals surface area contributed by atoms with E-state index < -0.39 is 0 Å². The monoisotopic (exact) mass is 822 g/mol. The van der Waals surface area contributed by atoms with Crippen LogP contribution < -0.4 is 0 Å². The number of pyridine rings is 3. The molecule has 9 rings (SSSR count). The molecule has 243 valence electrons. The van der Waals surface area contributed by atoms with Gasteiger partial charge in [0.1, 0.15) is 5.58 Å². The Morgan fingerprint density at radius 3 is 2.20 bits per heavy atom. The zero-order chi connectivity index (χ0) is 33.2. The van der Waals surface area contributed by atoms with Crippen molar-refractivity contribution in [1.82, 2.24) is 15.0 Å². The fourth-order valence-corrected chi connectivity index (χ4v) is 6.18. The molecule has 4 aromatic heterocycles. The molecule has 50 heavy (non-hydrogen) atoms. The van der Waals surface area contributed by atoms with E-state index in [1.807, 2.05) is 86.3 Å². The Morgan fingerprint density at radius 2 is 1.38 bits per heavy atom. The van der Waals surface area contributed by atoms with E-state index in [0.717, 1.165) is 77.5 Å². The molecule has 9 aromatic rings. The van der Waals surface area contributed by atoms with Gasteiger partial charge in [-0.15, -0.1) is 53.6 Å². The number of hydrogen-bond acceptors (Lipinski definition) is 4. The average molecular weight is 822 g/mol. The number of rotatable bonds is 4. The fourth-order valence-electron chi connectivity index (χ4n) is 6.18. The number of benzene rings is 5. The third-order valence-electron chi connectivity index (χ3n) is 8.71. The summed E-state index contributed by atoms with van der Waals surface area (Å²) in [5, 5.41) is 4.39. The van der Waals surface area contributed by atoms with E-state index in [9.17, 15) is 0 Å². The molecule has 1 radical (unpaired) electrons. The van der Waals surface area contributed by atoms with E-state index in [-0.39, 0.29) is 20.1 Å². The van der Waals surface area contributed by atoms with E-state index in [1.165, 1.54) is 11.1 Å². The van der Waals surface area contributed by atoms with Gasteiger partial charge in [-0.25, -0.2) is 0 Å². The quantitative estimate of drug-likeness (QED) is 0.166. The number of hydrogen-bond donors (Lipinski definition) is 0. The van der Waals surface area contributed by atoms with Crippen molar-refractivity contribution in [2.45, 2.75) is 13.8 Å². The molecule has 4 heterocycles. The number of para-hydroxylation sites is 1. The van der Waals surface area contributed by atoms with Gasteiger partial charge in [-0.2, -0.15) is 0 Å². The topological polar surface area (TPSA) is 51.8 Å². The van der Waals surface area contributed by atoms with Crippen molar-refractivity contribution in [3.63, 3.8) is 0 Å². The van der Waals surface area contributed by atoms with Crippen LogP contribution in [0.25, 0.3) is 77.5 Å². The van der Waals surface area contributed by atoms with Crippen molar-refractivity contribution in [2.24, 2.45) is 0 Å². The molecule has 0 bridgehead atoms. The Kier molecular flexibility index (Phi) is 9.44. The minimum absolute atomic E-state index is 0. The smallest absolute Gasteiger partial charge is 0.128 e. The first kappa shape index (κ1) is 32.8. The molecule has 0 aliphatic heterocycles. The Labute approximate surface area is 304 Å². The van der Waals surface area contributed by atoms with E-state index in [4.69, 9.17) is 4.42 Å². The second-order valence-corrected chi connectivity index (χ2v) is 12.1. The molecule has 0 amide bonds. The van der Waals surface area contributed by atoms with Gasteiger partial charge in [-0.1, -0.05) is 103 Å². The van der Waals surface area contributed by atoms with Crippen LogP contribution in [0, 0.1) is 26.0 Å². The third-order valence-corrected chi connectivity index (χ3v) is 8.71. The van der Waals surface area contributed by atoms with Crippen LogP contribution in [0.5, 0.6) is 0 Å². The molecule has 0 N–H and O–H groups in total. The first-order valence-corrected chi connectivity index (χ1v) is 16.2. The molecule has 0 saturated carbocycles. The second kappa shape index (κ2) is 14.4. The van der Waals surface area contributed by atoms with Gasteiger partial charge in [0.2, 0.25) is 0 Å². The molecule has 5 heteroatoms. The molecule has 4 nitrogen and oxygen atoms in total. The molecule has 5 aromatic carbocycles. The standard InChI is InChI=1S/C32H19N2O.C13H12N.Ir/c1-2-7-21(8-3-1)23-16-18-34-30(19-23)28-14-6-13-27-26-12-5-11-25(31(26)35-32(27)28)24-10-4-9-22-15-17-33-20-29(22)24;1-10-3-6-12(7-4-10)13-8-5-11(2)9-14-13;/h1-13,15-20H;3-6,8-9H,1-2H3;/q2*-1;. The second-order valence-electron chi connectivity index (χ2n) is 12.1. The van der Waals surface area contributed by atoms with Gasteiger partial charge in [0.25, 0.3) is 0 Å². The predicted molar refractivity (Wildman–Crippen MR) is 200 cm³/mol. The Hall–Kier alpha value is -5.74. The number of furan rings is 1. The first-order valence-electron chi connectivity index (χ1n) is 16.2. The first-order chi connectivity index (χ1) is 24.1. The number of nitrogens with zero attached hydrogens (tertiary/aromatic N) is 3. The van der Waals surface area contributed by atoms with Crippen molar-refractivity contribution < 1.29 is 24.5 Å². The van der Waals surface area contributed by atoms with Gasteiger partial charge in [-0.05, 0) is 58.1 Å². The summed E-state index contributed by atoms with van der Waals surface area (Å²) < 4.78 is 6.63. The summed E-state index contributed by atoms with van der Waals surface area (Å²) in [7, 11) is 0. The Bertz CT molecular complexity index is 2510. The molecule has 0 fully saturated rings. The van der Waals surface area contributed by atoms with Crippen LogP contribution >= 0.6 is 0 Å².